The fourth-order valence-electron chi connectivity index (χ4n) is 1.37. The fraction of sp³-hybridized carbons (Fsp3) is 0. The lowest BCUT2D eigenvalue weighted by atomic mass is 10.2. The molecule has 0 atom stereocenters. The van der Waals surface area contributed by atoms with Gasteiger partial charge in [0.05, 0.1) is 0 Å². The van der Waals surface area contributed by atoms with Crippen molar-refractivity contribution in [3.05, 3.63) is 53.1 Å². The van der Waals surface area contributed by atoms with Gasteiger partial charge in [-0.1, -0.05) is 6.07 Å². The van der Waals surface area contributed by atoms with Gasteiger partial charge >= 0.3 is 0 Å². The Morgan fingerprint density at radius 2 is 1.60 bits per heavy atom. The largest absolute Gasteiger partial charge is 0.449 e. The number of hydrogen-bond acceptors (Lipinski definition) is 3. The van der Waals surface area contributed by atoms with Crippen LogP contribution in [0.2, 0.25) is 0 Å². The molecule has 0 amide bonds. The van der Waals surface area contributed by atoms with E-state index in [1.165, 1.54) is 6.07 Å². The molecule has 0 aliphatic carbocycles. The molecule has 0 fully saturated rings. The summed E-state index contributed by atoms with van der Waals surface area (Å²) in [6.45, 7) is 0. The van der Waals surface area contributed by atoms with Crippen LogP contribution in [-0.4, -0.2) is 4.98 Å². The summed E-state index contributed by atoms with van der Waals surface area (Å²) in [6, 6.07) is 4.42. The molecule has 20 heavy (non-hydrogen) atoms. The van der Waals surface area contributed by atoms with E-state index in [4.69, 9.17) is 5.26 Å². The number of hydrogen-bond donors (Lipinski definition) is 0. The fourth-order valence-corrected chi connectivity index (χ4v) is 1.37. The molecular formula is C12H3F5N2O. The maximum atomic E-state index is 13.3. The Hall–Kier alpha value is -2.69. The number of halogens is 5. The van der Waals surface area contributed by atoms with E-state index in [0.29, 0.717) is 0 Å². The third kappa shape index (κ3) is 2.25. The molecule has 0 saturated carbocycles. The van der Waals surface area contributed by atoms with Crippen molar-refractivity contribution < 1.29 is 26.7 Å². The topological polar surface area (TPSA) is 45.9 Å². The molecule has 1 heterocycles. The molecule has 0 bridgehead atoms. The van der Waals surface area contributed by atoms with Gasteiger partial charge in [-0.25, -0.2) is 4.39 Å². The first-order chi connectivity index (χ1) is 9.45. The van der Waals surface area contributed by atoms with E-state index in [2.05, 4.69) is 9.72 Å². The number of aromatic nitrogens is 1. The zero-order chi connectivity index (χ0) is 14.9. The highest BCUT2D eigenvalue weighted by Gasteiger charge is 2.24. The SMILES string of the molecule is N#Cc1c(F)cccc1Oc1c(F)c(F)nc(F)c1F. The van der Waals surface area contributed by atoms with Gasteiger partial charge in [-0.3, -0.25) is 0 Å². The zero-order valence-electron chi connectivity index (χ0n) is 9.42. The van der Waals surface area contributed by atoms with Crippen LogP contribution in [0.25, 0.3) is 0 Å². The maximum Gasteiger partial charge on any atom is 0.255 e. The summed E-state index contributed by atoms with van der Waals surface area (Å²) in [5.41, 5.74) is -0.663. The Balaban J connectivity index is 2.57. The van der Waals surface area contributed by atoms with Gasteiger partial charge in [-0.2, -0.15) is 27.8 Å². The second-order valence-electron chi connectivity index (χ2n) is 3.48. The third-order valence-corrected chi connectivity index (χ3v) is 2.26. The molecule has 0 unspecified atom stereocenters. The quantitative estimate of drug-likeness (QED) is 0.627. The van der Waals surface area contributed by atoms with E-state index in [-0.39, 0.29) is 0 Å². The molecule has 0 aliphatic rings. The Bertz CT molecular complexity index is 701. The molecule has 0 aliphatic heterocycles. The number of benzene rings is 1. The summed E-state index contributed by atoms with van der Waals surface area (Å²) in [4.78, 5) is 2.33. The lowest BCUT2D eigenvalue weighted by Gasteiger charge is -2.09. The molecule has 8 heteroatoms. The standard InChI is InChI=1S/C12H3F5N2O/c13-6-2-1-3-7(5(6)4-18)20-10-8(14)11(16)19-12(17)9(10)15/h1-3H. The third-order valence-electron chi connectivity index (χ3n) is 2.26. The van der Waals surface area contributed by atoms with Crippen molar-refractivity contribution in [2.45, 2.75) is 0 Å². The average molecular weight is 286 g/mol. The van der Waals surface area contributed by atoms with Gasteiger partial charge < -0.3 is 4.74 Å². The molecule has 2 aromatic rings. The van der Waals surface area contributed by atoms with Crippen molar-refractivity contribution in [1.29, 1.82) is 5.26 Å². The van der Waals surface area contributed by atoms with Crippen molar-refractivity contribution in [2.75, 3.05) is 0 Å². The molecule has 102 valence electrons. The maximum absolute atomic E-state index is 13.3. The number of rotatable bonds is 2. The predicted octanol–water partition coefficient (Wildman–Crippen LogP) is 3.44. The lowest BCUT2D eigenvalue weighted by Crippen LogP contribution is -2.04. The minimum Gasteiger partial charge on any atom is -0.449 e. The smallest absolute Gasteiger partial charge is 0.255 e. The van der Waals surface area contributed by atoms with Crippen molar-refractivity contribution in [3.8, 4) is 17.6 Å². The number of pyridine rings is 1. The number of nitriles is 1. The van der Waals surface area contributed by atoms with Gasteiger partial charge in [0.1, 0.15) is 23.2 Å². The monoisotopic (exact) mass is 286 g/mol. The lowest BCUT2D eigenvalue weighted by molar-refractivity contribution is 0.342. The van der Waals surface area contributed by atoms with Crippen LogP contribution in [0.1, 0.15) is 5.56 Å². The summed E-state index contributed by atoms with van der Waals surface area (Å²) in [6.07, 6.45) is 0. The Morgan fingerprint density at radius 3 is 2.15 bits per heavy atom. The molecule has 0 spiro atoms. The van der Waals surface area contributed by atoms with Crippen LogP contribution in [0.15, 0.2) is 18.2 Å². The predicted molar refractivity (Wildman–Crippen MR) is 55.3 cm³/mol. The molecule has 1 aromatic heterocycles. The van der Waals surface area contributed by atoms with Crippen molar-refractivity contribution >= 4 is 0 Å². The minimum absolute atomic E-state index is 0.588. The van der Waals surface area contributed by atoms with Crippen LogP contribution in [0.3, 0.4) is 0 Å². The second kappa shape index (κ2) is 5.13. The van der Waals surface area contributed by atoms with Crippen LogP contribution < -0.4 is 4.74 Å². The first-order valence-corrected chi connectivity index (χ1v) is 5.02. The van der Waals surface area contributed by atoms with Crippen LogP contribution >= 0.6 is 0 Å². The summed E-state index contributed by atoms with van der Waals surface area (Å²) < 4.78 is 70.2. The Kier molecular flexibility index (Phi) is 3.52. The van der Waals surface area contributed by atoms with E-state index >= 15 is 0 Å². The molecule has 3 nitrogen and oxygen atoms in total. The molecule has 0 N–H and O–H groups in total. The van der Waals surface area contributed by atoms with Gasteiger partial charge in [0.15, 0.2) is 0 Å². The molecule has 2 rings (SSSR count). The molecule has 1 aromatic carbocycles. The van der Waals surface area contributed by atoms with Gasteiger partial charge in [-0.15, -0.1) is 0 Å². The highest BCUT2D eigenvalue weighted by Crippen LogP contribution is 2.32. The molecule has 0 radical (unpaired) electrons. The first-order valence-electron chi connectivity index (χ1n) is 5.02. The van der Waals surface area contributed by atoms with Gasteiger partial charge in [0, 0.05) is 0 Å². The second-order valence-corrected chi connectivity index (χ2v) is 3.48. The molecule has 0 saturated heterocycles. The normalized spacial score (nSPS) is 10.2. The molecular weight excluding hydrogens is 283 g/mol. The van der Waals surface area contributed by atoms with Crippen LogP contribution in [-0.2, 0) is 0 Å². The minimum atomic E-state index is -1.92. The van der Waals surface area contributed by atoms with Gasteiger partial charge in [-0.05, 0) is 12.1 Å². The van der Waals surface area contributed by atoms with E-state index in [0.717, 1.165) is 18.2 Å². The Morgan fingerprint density at radius 1 is 1.00 bits per heavy atom. The highest BCUT2D eigenvalue weighted by atomic mass is 19.2. The van der Waals surface area contributed by atoms with Crippen LogP contribution in [0.5, 0.6) is 11.5 Å². The van der Waals surface area contributed by atoms with E-state index < -0.39 is 46.4 Å². The van der Waals surface area contributed by atoms with Crippen molar-refractivity contribution in [2.24, 2.45) is 0 Å². The van der Waals surface area contributed by atoms with Crippen molar-refractivity contribution in [1.82, 2.24) is 4.98 Å². The van der Waals surface area contributed by atoms with E-state index in [1.807, 2.05) is 0 Å². The number of nitrogens with zero attached hydrogens (tertiary/aromatic N) is 2. The Labute approximate surface area is 108 Å². The summed E-state index contributed by atoms with van der Waals surface area (Å²) >= 11 is 0. The highest BCUT2D eigenvalue weighted by molar-refractivity contribution is 5.46. The van der Waals surface area contributed by atoms with E-state index in [9.17, 15) is 22.0 Å². The summed E-state index contributed by atoms with van der Waals surface area (Å²) in [7, 11) is 0. The zero-order valence-corrected chi connectivity index (χ0v) is 9.42. The van der Waals surface area contributed by atoms with Crippen LogP contribution in [0, 0.1) is 40.7 Å². The summed E-state index contributed by atoms with van der Waals surface area (Å²) in [5.74, 6) is -10.7. The van der Waals surface area contributed by atoms with Gasteiger partial charge in [0.2, 0.25) is 17.4 Å². The number of ether oxygens (including phenoxy) is 1. The average Bonchev–Trinajstić information content (AvgIpc) is 2.41. The summed E-state index contributed by atoms with van der Waals surface area (Å²) in [5, 5.41) is 8.71. The van der Waals surface area contributed by atoms with Gasteiger partial charge in [0.25, 0.3) is 11.9 Å². The van der Waals surface area contributed by atoms with Crippen LogP contribution in [0.4, 0.5) is 22.0 Å². The van der Waals surface area contributed by atoms with Crippen molar-refractivity contribution in [3.63, 3.8) is 0 Å². The van der Waals surface area contributed by atoms with E-state index in [1.54, 1.807) is 0 Å². The first kappa shape index (κ1) is 13.7.